The molecule has 1 heterocycles. The molecule has 1 aromatic heterocycles. The van der Waals surface area contributed by atoms with Crippen molar-refractivity contribution in [3.05, 3.63) is 15.6 Å². The summed E-state index contributed by atoms with van der Waals surface area (Å²) in [5, 5.41) is 10.0. The van der Waals surface area contributed by atoms with Crippen LogP contribution in [0.4, 0.5) is 0 Å². The van der Waals surface area contributed by atoms with Gasteiger partial charge < -0.3 is 5.11 Å². The molecule has 14 heavy (non-hydrogen) atoms. The summed E-state index contributed by atoms with van der Waals surface area (Å²) in [6.45, 7) is 5.81. The van der Waals surface area contributed by atoms with Crippen LogP contribution in [0.5, 0.6) is 0 Å². The van der Waals surface area contributed by atoms with Crippen molar-refractivity contribution in [3.8, 4) is 0 Å². The SMILES string of the molecule is CCc1nc(C)c(C(CC)C(=O)O)s1. The van der Waals surface area contributed by atoms with Crippen LogP contribution in [0.3, 0.4) is 0 Å². The van der Waals surface area contributed by atoms with Gasteiger partial charge in [-0.05, 0) is 19.8 Å². The topological polar surface area (TPSA) is 50.2 Å². The average molecular weight is 213 g/mol. The fraction of sp³-hybridized carbons (Fsp3) is 0.600. The number of aromatic nitrogens is 1. The molecule has 0 aromatic carbocycles. The Morgan fingerprint density at radius 2 is 2.21 bits per heavy atom. The highest BCUT2D eigenvalue weighted by Gasteiger charge is 2.22. The quantitative estimate of drug-likeness (QED) is 0.836. The van der Waals surface area contributed by atoms with Gasteiger partial charge in [0.1, 0.15) is 0 Å². The molecule has 1 unspecified atom stereocenters. The van der Waals surface area contributed by atoms with Crippen LogP contribution in [0.15, 0.2) is 0 Å². The van der Waals surface area contributed by atoms with Gasteiger partial charge in [0.05, 0.1) is 16.6 Å². The molecule has 1 N–H and O–H groups in total. The third-order valence-electron chi connectivity index (χ3n) is 2.20. The summed E-state index contributed by atoms with van der Waals surface area (Å²) in [5.41, 5.74) is 0.876. The minimum Gasteiger partial charge on any atom is -0.481 e. The van der Waals surface area contributed by atoms with E-state index in [1.807, 2.05) is 20.8 Å². The Morgan fingerprint density at radius 3 is 2.57 bits per heavy atom. The van der Waals surface area contributed by atoms with E-state index in [-0.39, 0.29) is 5.92 Å². The van der Waals surface area contributed by atoms with Crippen molar-refractivity contribution in [2.75, 3.05) is 0 Å². The summed E-state index contributed by atoms with van der Waals surface area (Å²) in [5.74, 6) is -1.13. The Labute approximate surface area is 87.8 Å². The first-order valence-electron chi connectivity index (χ1n) is 4.79. The first-order valence-corrected chi connectivity index (χ1v) is 5.60. The van der Waals surface area contributed by atoms with E-state index in [1.165, 1.54) is 11.3 Å². The van der Waals surface area contributed by atoms with E-state index in [0.717, 1.165) is 22.0 Å². The summed E-state index contributed by atoms with van der Waals surface area (Å²) >= 11 is 1.53. The predicted octanol–water partition coefficient (Wildman–Crippen LogP) is 2.59. The second-order valence-corrected chi connectivity index (χ2v) is 4.33. The fourth-order valence-corrected chi connectivity index (χ4v) is 2.60. The molecule has 0 radical (unpaired) electrons. The number of aliphatic carboxylic acids is 1. The number of aryl methyl sites for hydroxylation is 2. The van der Waals surface area contributed by atoms with Crippen LogP contribution in [0, 0.1) is 6.92 Å². The predicted molar refractivity (Wildman–Crippen MR) is 56.9 cm³/mol. The standard InChI is InChI=1S/C10H15NO2S/c1-4-7(10(12)13)9-6(3)11-8(5-2)14-9/h7H,4-5H2,1-3H3,(H,12,13). The molecule has 0 bridgehead atoms. The van der Waals surface area contributed by atoms with Gasteiger partial charge in [0.25, 0.3) is 0 Å². The van der Waals surface area contributed by atoms with Crippen LogP contribution in [0.25, 0.3) is 0 Å². The van der Waals surface area contributed by atoms with Gasteiger partial charge in [-0.2, -0.15) is 0 Å². The van der Waals surface area contributed by atoms with Crippen molar-refractivity contribution in [1.82, 2.24) is 4.98 Å². The molecule has 0 amide bonds. The highest BCUT2D eigenvalue weighted by atomic mass is 32.1. The number of carboxylic acids is 1. The normalized spacial score (nSPS) is 12.8. The molecule has 0 fully saturated rings. The van der Waals surface area contributed by atoms with Crippen LogP contribution in [-0.2, 0) is 11.2 Å². The molecular weight excluding hydrogens is 198 g/mol. The molecule has 4 heteroatoms. The van der Waals surface area contributed by atoms with Gasteiger partial charge in [0.15, 0.2) is 0 Å². The van der Waals surface area contributed by atoms with E-state index in [9.17, 15) is 4.79 Å². The molecular formula is C10H15NO2S. The molecule has 0 aliphatic carbocycles. The van der Waals surface area contributed by atoms with E-state index in [0.29, 0.717) is 6.42 Å². The molecule has 0 saturated carbocycles. The second kappa shape index (κ2) is 4.55. The maximum absolute atomic E-state index is 11.0. The number of thiazole rings is 1. The Balaban J connectivity index is 3.03. The fourth-order valence-electron chi connectivity index (χ4n) is 1.41. The largest absolute Gasteiger partial charge is 0.481 e. The van der Waals surface area contributed by atoms with Gasteiger partial charge in [-0.15, -0.1) is 11.3 Å². The lowest BCUT2D eigenvalue weighted by Gasteiger charge is -2.06. The van der Waals surface area contributed by atoms with Gasteiger partial charge in [0.2, 0.25) is 0 Å². The third kappa shape index (κ3) is 2.12. The highest BCUT2D eigenvalue weighted by Crippen LogP contribution is 2.29. The first-order chi connectivity index (χ1) is 6.60. The third-order valence-corrected chi connectivity index (χ3v) is 3.62. The Bertz CT molecular complexity index is 333. The van der Waals surface area contributed by atoms with Crippen molar-refractivity contribution < 1.29 is 9.90 Å². The van der Waals surface area contributed by atoms with E-state index in [2.05, 4.69) is 4.98 Å². The van der Waals surface area contributed by atoms with Crippen LogP contribution in [-0.4, -0.2) is 16.1 Å². The Morgan fingerprint density at radius 1 is 1.57 bits per heavy atom. The van der Waals surface area contributed by atoms with E-state index in [4.69, 9.17) is 5.11 Å². The van der Waals surface area contributed by atoms with E-state index < -0.39 is 5.97 Å². The zero-order valence-electron chi connectivity index (χ0n) is 8.70. The van der Waals surface area contributed by atoms with Crippen LogP contribution >= 0.6 is 11.3 Å². The number of carbonyl (C=O) groups is 1. The number of hydrogen-bond donors (Lipinski definition) is 1. The van der Waals surface area contributed by atoms with Crippen molar-refractivity contribution in [2.45, 2.75) is 39.5 Å². The average Bonchev–Trinajstić information content (AvgIpc) is 2.48. The lowest BCUT2D eigenvalue weighted by atomic mass is 10.0. The molecule has 0 saturated heterocycles. The summed E-state index contributed by atoms with van der Waals surface area (Å²) < 4.78 is 0. The van der Waals surface area contributed by atoms with Crippen molar-refractivity contribution in [3.63, 3.8) is 0 Å². The summed E-state index contributed by atoms with van der Waals surface area (Å²) in [6, 6.07) is 0. The lowest BCUT2D eigenvalue weighted by Crippen LogP contribution is -2.09. The molecule has 3 nitrogen and oxygen atoms in total. The molecule has 1 aromatic rings. The van der Waals surface area contributed by atoms with Crippen molar-refractivity contribution in [2.24, 2.45) is 0 Å². The zero-order valence-corrected chi connectivity index (χ0v) is 9.52. The van der Waals surface area contributed by atoms with E-state index in [1.54, 1.807) is 0 Å². The smallest absolute Gasteiger partial charge is 0.311 e. The van der Waals surface area contributed by atoms with Gasteiger partial charge in [-0.25, -0.2) is 4.98 Å². The van der Waals surface area contributed by atoms with Crippen molar-refractivity contribution in [1.29, 1.82) is 0 Å². The number of rotatable bonds is 4. The van der Waals surface area contributed by atoms with Gasteiger partial charge in [-0.1, -0.05) is 13.8 Å². The van der Waals surface area contributed by atoms with Crippen LogP contribution in [0.1, 0.15) is 41.8 Å². The molecule has 1 atom stereocenters. The lowest BCUT2D eigenvalue weighted by molar-refractivity contribution is -0.138. The Hall–Kier alpha value is -0.900. The highest BCUT2D eigenvalue weighted by molar-refractivity contribution is 7.12. The monoisotopic (exact) mass is 213 g/mol. The Kier molecular flexibility index (Phi) is 3.63. The van der Waals surface area contributed by atoms with Crippen LogP contribution < -0.4 is 0 Å². The number of hydrogen-bond acceptors (Lipinski definition) is 3. The maximum Gasteiger partial charge on any atom is 0.311 e. The molecule has 1 rings (SSSR count). The van der Waals surface area contributed by atoms with Gasteiger partial charge in [0, 0.05) is 4.88 Å². The summed E-state index contributed by atoms with van der Waals surface area (Å²) in [7, 11) is 0. The van der Waals surface area contributed by atoms with Crippen molar-refractivity contribution >= 4 is 17.3 Å². The summed E-state index contributed by atoms with van der Waals surface area (Å²) in [6.07, 6.45) is 1.50. The summed E-state index contributed by atoms with van der Waals surface area (Å²) in [4.78, 5) is 16.2. The van der Waals surface area contributed by atoms with E-state index >= 15 is 0 Å². The molecule has 78 valence electrons. The first kappa shape index (κ1) is 11.2. The van der Waals surface area contributed by atoms with Gasteiger partial charge >= 0.3 is 5.97 Å². The van der Waals surface area contributed by atoms with Crippen LogP contribution in [0.2, 0.25) is 0 Å². The minimum atomic E-state index is -0.748. The maximum atomic E-state index is 11.0. The molecule has 0 aliphatic rings. The molecule has 0 aliphatic heterocycles. The zero-order chi connectivity index (χ0) is 10.7. The van der Waals surface area contributed by atoms with Gasteiger partial charge in [-0.3, -0.25) is 4.79 Å². The number of carboxylic acid groups (broad SMARTS) is 1. The molecule has 0 spiro atoms. The number of nitrogens with zero attached hydrogens (tertiary/aromatic N) is 1. The second-order valence-electron chi connectivity index (χ2n) is 3.21. The minimum absolute atomic E-state index is 0.382.